The molecule has 0 spiro atoms. The molecule has 1 aliphatic rings. The average molecular weight is 227 g/mol. The molecule has 0 bridgehead atoms. The van der Waals surface area contributed by atoms with E-state index >= 15 is 0 Å². The van der Waals surface area contributed by atoms with Crippen molar-refractivity contribution >= 4 is 5.97 Å². The van der Waals surface area contributed by atoms with E-state index in [0.717, 1.165) is 31.4 Å². The van der Waals surface area contributed by atoms with Gasteiger partial charge in [-0.25, -0.2) is 4.79 Å². The van der Waals surface area contributed by atoms with Crippen molar-refractivity contribution in [1.82, 2.24) is 5.32 Å². The predicted octanol–water partition coefficient (Wildman–Crippen LogP) is 1.16. The van der Waals surface area contributed by atoms with Gasteiger partial charge in [-0.2, -0.15) is 0 Å². The number of hydrogen-bond acceptors (Lipinski definition) is 3. The average Bonchev–Trinajstić information content (AvgIpc) is 2.19. The summed E-state index contributed by atoms with van der Waals surface area (Å²) in [5.41, 5.74) is 0.804. The highest BCUT2D eigenvalue weighted by atomic mass is 16.4. The number of carboxylic acids is 1. The monoisotopic (exact) mass is 227 g/mol. The summed E-state index contributed by atoms with van der Waals surface area (Å²) in [4.78, 5) is 10.4. The first kappa shape index (κ1) is 13.2. The normalized spacial score (nSPS) is 26.8. The molecule has 4 nitrogen and oxygen atoms in total. The van der Waals surface area contributed by atoms with Crippen LogP contribution < -0.4 is 5.32 Å². The highest BCUT2D eigenvalue weighted by molar-refractivity contribution is 5.80. The Morgan fingerprint density at radius 2 is 2.12 bits per heavy atom. The van der Waals surface area contributed by atoms with E-state index < -0.39 is 5.97 Å². The lowest BCUT2D eigenvalue weighted by atomic mass is 9.86. The van der Waals surface area contributed by atoms with Crippen LogP contribution in [0.25, 0.3) is 0 Å². The molecular weight excluding hydrogens is 206 g/mol. The van der Waals surface area contributed by atoms with Crippen LogP contribution in [-0.2, 0) is 4.79 Å². The number of carbonyl (C=O) groups is 1. The fourth-order valence-corrected chi connectivity index (χ4v) is 2.14. The molecule has 4 heteroatoms. The van der Waals surface area contributed by atoms with Gasteiger partial charge in [0.1, 0.15) is 0 Å². The minimum Gasteiger partial charge on any atom is -0.478 e. The molecule has 1 fully saturated rings. The summed E-state index contributed by atoms with van der Waals surface area (Å²) in [5.74, 6) is -0.580. The van der Waals surface area contributed by atoms with E-state index in [0.29, 0.717) is 12.5 Å². The topological polar surface area (TPSA) is 69.6 Å². The molecule has 2 unspecified atom stereocenters. The minimum absolute atomic E-state index is 0.190. The lowest BCUT2D eigenvalue weighted by Gasteiger charge is -2.27. The Kier molecular flexibility index (Phi) is 5.49. The summed E-state index contributed by atoms with van der Waals surface area (Å²) < 4.78 is 0. The zero-order valence-corrected chi connectivity index (χ0v) is 9.78. The summed E-state index contributed by atoms with van der Waals surface area (Å²) in [7, 11) is 0. The van der Waals surface area contributed by atoms with Crippen LogP contribution in [0.15, 0.2) is 11.6 Å². The third kappa shape index (κ3) is 4.77. The number of aliphatic carboxylic acids is 1. The first-order valence-corrected chi connectivity index (χ1v) is 5.88. The van der Waals surface area contributed by atoms with Crippen molar-refractivity contribution in [3.63, 3.8) is 0 Å². The fraction of sp³-hybridized carbons (Fsp3) is 0.750. The van der Waals surface area contributed by atoms with Crippen LogP contribution in [0.5, 0.6) is 0 Å². The summed E-state index contributed by atoms with van der Waals surface area (Å²) in [6.07, 6.45) is 5.30. The summed E-state index contributed by atoms with van der Waals surface area (Å²) >= 11 is 0. The minimum atomic E-state index is -0.906. The van der Waals surface area contributed by atoms with Crippen molar-refractivity contribution in [2.75, 3.05) is 13.1 Å². The Hall–Kier alpha value is -0.870. The molecule has 2 atom stereocenters. The molecule has 3 N–H and O–H groups in total. The largest absolute Gasteiger partial charge is 0.478 e. The first-order chi connectivity index (χ1) is 7.59. The van der Waals surface area contributed by atoms with Crippen LogP contribution in [0.1, 0.15) is 32.6 Å². The van der Waals surface area contributed by atoms with Gasteiger partial charge in [0.2, 0.25) is 0 Å². The van der Waals surface area contributed by atoms with Crippen molar-refractivity contribution in [3.8, 4) is 0 Å². The summed E-state index contributed by atoms with van der Waals surface area (Å²) in [6.45, 7) is 3.14. The van der Waals surface area contributed by atoms with Gasteiger partial charge in [0.15, 0.2) is 0 Å². The van der Waals surface area contributed by atoms with Crippen LogP contribution >= 0.6 is 0 Å². The Morgan fingerprint density at radius 3 is 2.75 bits per heavy atom. The fourth-order valence-electron chi connectivity index (χ4n) is 2.14. The molecular formula is C12H21NO3. The maximum atomic E-state index is 10.4. The molecule has 92 valence electrons. The van der Waals surface area contributed by atoms with Crippen molar-refractivity contribution < 1.29 is 15.0 Å². The number of aliphatic hydroxyl groups is 1. The van der Waals surface area contributed by atoms with Crippen LogP contribution in [0.2, 0.25) is 0 Å². The molecule has 0 aromatic heterocycles. The molecule has 0 aromatic rings. The van der Waals surface area contributed by atoms with Gasteiger partial charge in [0.05, 0.1) is 6.10 Å². The Morgan fingerprint density at radius 1 is 1.44 bits per heavy atom. The molecule has 0 aromatic carbocycles. The molecule has 1 saturated carbocycles. The van der Waals surface area contributed by atoms with Crippen molar-refractivity contribution in [1.29, 1.82) is 0 Å². The van der Waals surface area contributed by atoms with E-state index in [1.165, 1.54) is 12.5 Å². The van der Waals surface area contributed by atoms with Gasteiger partial charge in [-0.1, -0.05) is 18.4 Å². The van der Waals surface area contributed by atoms with Gasteiger partial charge < -0.3 is 15.5 Å². The van der Waals surface area contributed by atoms with Crippen LogP contribution in [0.3, 0.4) is 0 Å². The lowest BCUT2D eigenvalue weighted by molar-refractivity contribution is -0.131. The molecule has 0 saturated heterocycles. The van der Waals surface area contributed by atoms with Crippen LogP contribution in [0.4, 0.5) is 0 Å². The molecule has 1 aliphatic carbocycles. The lowest BCUT2D eigenvalue weighted by Crippen LogP contribution is -2.34. The number of nitrogens with one attached hydrogen (secondary N) is 1. The van der Waals surface area contributed by atoms with Gasteiger partial charge in [-0.3, -0.25) is 0 Å². The van der Waals surface area contributed by atoms with Gasteiger partial charge in [0.25, 0.3) is 0 Å². The zero-order valence-electron chi connectivity index (χ0n) is 9.78. The number of aliphatic hydroxyl groups excluding tert-OH is 1. The second-order valence-electron chi connectivity index (χ2n) is 4.57. The Labute approximate surface area is 96.4 Å². The van der Waals surface area contributed by atoms with Gasteiger partial charge in [-0.15, -0.1) is 0 Å². The molecule has 16 heavy (non-hydrogen) atoms. The third-order valence-electron chi connectivity index (χ3n) is 3.05. The smallest absolute Gasteiger partial charge is 0.328 e. The first-order valence-electron chi connectivity index (χ1n) is 5.88. The Balaban J connectivity index is 2.21. The molecule has 0 radical (unpaired) electrons. The highest BCUT2D eigenvalue weighted by Gasteiger charge is 2.22. The van der Waals surface area contributed by atoms with E-state index in [1.807, 2.05) is 0 Å². The van der Waals surface area contributed by atoms with Crippen molar-refractivity contribution in [2.24, 2.45) is 5.92 Å². The standard InChI is InChI=1S/C12H21NO3/c1-9(6-12(15)16)7-13-8-10-4-2-3-5-11(10)14/h6,10-11,13-14H,2-5,7-8H2,1H3,(H,15,16). The number of rotatable bonds is 5. The van der Waals surface area contributed by atoms with Crippen LogP contribution in [-0.4, -0.2) is 35.4 Å². The number of carboxylic acid groups (broad SMARTS) is 1. The SMILES string of the molecule is CC(=CC(=O)O)CNCC1CCCCC1O. The third-order valence-corrected chi connectivity index (χ3v) is 3.05. The molecule has 0 aliphatic heterocycles. The van der Waals surface area contributed by atoms with E-state index in [-0.39, 0.29) is 6.10 Å². The van der Waals surface area contributed by atoms with E-state index in [2.05, 4.69) is 5.32 Å². The Bertz CT molecular complexity index is 263. The second kappa shape index (κ2) is 6.66. The van der Waals surface area contributed by atoms with E-state index in [4.69, 9.17) is 5.11 Å². The maximum Gasteiger partial charge on any atom is 0.328 e. The highest BCUT2D eigenvalue weighted by Crippen LogP contribution is 2.23. The molecule has 0 heterocycles. The van der Waals surface area contributed by atoms with E-state index in [9.17, 15) is 9.90 Å². The predicted molar refractivity (Wildman–Crippen MR) is 62.2 cm³/mol. The van der Waals surface area contributed by atoms with Gasteiger partial charge in [-0.05, 0) is 25.7 Å². The van der Waals surface area contributed by atoms with Crippen molar-refractivity contribution in [3.05, 3.63) is 11.6 Å². The van der Waals surface area contributed by atoms with Crippen LogP contribution in [0, 0.1) is 5.92 Å². The van der Waals surface area contributed by atoms with E-state index in [1.54, 1.807) is 6.92 Å². The van der Waals surface area contributed by atoms with Gasteiger partial charge in [0, 0.05) is 19.2 Å². The quantitative estimate of drug-likeness (QED) is 0.616. The summed E-state index contributed by atoms with van der Waals surface area (Å²) in [5, 5.41) is 21.5. The zero-order chi connectivity index (χ0) is 12.0. The van der Waals surface area contributed by atoms with Gasteiger partial charge >= 0.3 is 5.97 Å². The molecule has 1 rings (SSSR count). The number of hydrogen-bond donors (Lipinski definition) is 3. The summed E-state index contributed by atoms with van der Waals surface area (Å²) in [6, 6.07) is 0. The molecule has 0 amide bonds. The van der Waals surface area contributed by atoms with Crippen molar-refractivity contribution in [2.45, 2.75) is 38.7 Å². The maximum absolute atomic E-state index is 10.4. The second-order valence-corrected chi connectivity index (χ2v) is 4.57.